The van der Waals surface area contributed by atoms with Gasteiger partial charge in [0.25, 0.3) is 0 Å². The van der Waals surface area contributed by atoms with Gasteiger partial charge in [0, 0.05) is 44.3 Å². The number of rotatable bonds is 8. The van der Waals surface area contributed by atoms with E-state index < -0.39 is 0 Å². The average Bonchev–Trinajstić information content (AvgIpc) is 2.74. The normalized spacial score (nSPS) is 14.9. The second-order valence-corrected chi connectivity index (χ2v) is 6.89. The van der Waals surface area contributed by atoms with Crippen LogP contribution in [-0.2, 0) is 9.53 Å². The van der Waals surface area contributed by atoms with E-state index in [1.54, 1.807) is 12.1 Å². The van der Waals surface area contributed by atoms with Gasteiger partial charge >= 0.3 is 0 Å². The molecule has 1 aliphatic rings. The molecular weight excluding hydrogens is 359 g/mol. The van der Waals surface area contributed by atoms with Crippen molar-refractivity contribution in [3.05, 3.63) is 42.2 Å². The van der Waals surface area contributed by atoms with Gasteiger partial charge in [0.15, 0.2) is 5.82 Å². The lowest BCUT2D eigenvalue weighted by molar-refractivity contribution is -0.125. The number of carbonyl (C=O) groups excluding carboxylic acids is 1. The Hall–Kier alpha value is -2.54. The number of ether oxygens (including phenoxy) is 1. The second-order valence-electron chi connectivity index (χ2n) is 6.89. The van der Waals surface area contributed by atoms with Crippen molar-refractivity contribution in [2.75, 3.05) is 37.7 Å². The van der Waals surface area contributed by atoms with Gasteiger partial charge in [-0.3, -0.25) is 4.79 Å². The first-order valence-corrected chi connectivity index (χ1v) is 9.87. The fourth-order valence-electron chi connectivity index (χ4n) is 3.31. The van der Waals surface area contributed by atoms with Gasteiger partial charge in [-0.05, 0) is 62.6 Å². The molecule has 2 aromatic rings. The quantitative estimate of drug-likeness (QED) is 0.707. The van der Waals surface area contributed by atoms with Gasteiger partial charge in [0.05, 0.1) is 5.69 Å². The molecule has 1 aromatic carbocycles. The van der Waals surface area contributed by atoms with Crippen LogP contribution in [0.3, 0.4) is 0 Å². The van der Waals surface area contributed by atoms with E-state index in [0.717, 1.165) is 43.7 Å². The van der Waals surface area contributed by atoms with Gasteiger partial charge in [-0.15, -0.1) is 10.2 Å². The van der Waals surface area contributed by atoms with Crippen molar-refractivity contribution < 1.29 is 13.9 Å². The molecule has 0 unspecified atom stereocenters. The molecule has 3 rings (SSSR count). The standard InChI is InChI=1S/C21H27FN4O2/c1-2-28-15-3-12-23-21(27)17-10-13-26(14-11-17)20-9-8-19(24-25-20)16-4-6-18(22)7-5-16/h4-9,17H,2-3,10-15H2,1H3,(H,23,27). The van der Waals surface area contributed by atoms with E-state index in [4.69, 9.17) is 4.74 Å². The summed E-state index contributed by atoms with van der Waals surface area (Å²) in [5.41, 5.74) is 1.55. The van der Waals surface area contributed by atoms with Crippen LogP contribution in [0.25, 0.3) is 11.3 Å². The minimum atomic E-state index is -0.269. The van der Waals surface area contributed by atoms with Crippen LogP contribution in [0.2, 0.25) is 0 Å². The zero-order chi connectivity index (χ0) is 19.8. The highest BCUT2D eigenvalue weighted by Gasteiger charge is 2.25. The predicted molar refractivity (Wildman–Crippen MR) is 106 cm³/mol. The van der Waals surface area contributed by atoms with Gasteiger partial charge < -0.3 is 15.0 Å². The molecule has 0 atom stereocenters. The molecule has 7 heteroatoms. The third-order valence-electron chi connectivity index (χ3n) is 4.95. The molecule has 2 heterocycles. The summed E-state index contributed by atoms with van der Waals surface area (Å²) in [5.74, 6) is 0.722. The molecule has 1 saturated heterocycles. The Balaban J connectivity index is 1.47. The summed E-state index contributed by atoms with van der Waals surface area (Å²) in [6.07, 6.45) is 2.45. The Morgan fingerprint density at radius 1 is 1.18 bits per heavy atom. The van der Waals surface area contributed by atoms with E-state index in [2.05, 4.69) is 20.4 Å². The molecule has 1 amide bonds. The summed E-state index contributed by atoms with van der Waals surface area (Å²) >= 11 is 0. The molecule has 1 N–H and O–H groups in total. The van der Waals surface area contributed by atoms with Crippen LogP contribution in [0.4, 0.5) is 10.2 Å². The predicted octanol–water partition coefficient (Wildman–Crippen LogP) is 3.04. The first-order chi connectivity index (χ1) is 13.7. The lowest BCUT2D eigenvalue weighted by Crippen LogP contribution is -2.41. The summed E-state index contributed by atoms with van der Waals surface area (Å²) in [4.78, 5) is 14.4. The van der Waals surface area contributed by atoms with E-state index in [1.165, 1.54) is 12.1 Å². The highest BCUT2D eigenvalue weighted by Crippen LogP contribution is 2.23. The number of amides is 1. The molecule has 0 saturated carbocycles. The third kappa shape index (κ3) is 5.48. The number of hydrogen-bond donors (Lipinski definition) is 1. The van der Waals surface area contributed by atoms with Crippen LogP contribution < -0.4 is 10.2 Å². The number of halogens is 1. The lowest BCUT2D eigenvalue weighted by Gasteiger charge is -2.31. The zero-order valence-electron chi connectivity index (χ0n) is 16.2. The van der Waals surface area contributed by atoms with Gasteiger partial charge in [-0.1, -0.05) is 0 Å². The highest BCUT2D eigenvalue weighted by atomic mass is 19.1. The number of hydrogen-bond acceptors (Lipinski definition) is 5. The SMILES string of the molecule is CCOCCCNC(=O)C1CCN(c2ccc(-c3ccc(F)cc3)nn2)CC1. The molecule has 28 heavy (non-hydrogen) atoms. The van der Waals surface area contributed by atoms with E-state index in [1.807, 2.05) is 19.1 Å². The first kappa shape index (κ1) is 20.2. The highest BCUT2D eigenvalue weighted by molar-refractivity contribution is 5.78. The Morgan fingerprint density at radius 3 is 2.57 bits per heavy atom. The number of aromatic nitrogens is 2. The molecule has 150 valence electrons. The lowest BCUT2D eigenvalue weighted by atomic mass is 9.96. The van der Waals surface area contributed by atoms with Crippen molar-refractivity contribution in [3.63, 3.8) is 0 Å². The van der Waals surface area contributed by atoms with E-state index in [0.29, 0.717) is 25.5 Å². The Labute approximate surface area is 165 Å². The van der Waals surface area contributed by atoms with Crippen LogP contribution >= 0.6 is 0 Å². The number of nitrogens with one attached hydrogen (secondary N) is 1. The molecule has 1 aliphatic heterocycles. The number of piperidine rings is 1. The van der Waals surface area contributed by atoms with Crippen molar-refractivity contribution in [1.82, 2.24) is 15.5 Å². The summed E-state index contributed by atoms with van der Waals surface area (Å²) in [6.45, 7) is 5.58. The van der Waals surface area contributed by atoms with Gasteiger partial charge in [-0.2, -0.15) is 0 Å². The molecule has 1 aromatic heterocycles. The van der Waals surface area contributed by atoms with Crippen molar-refractivity contribution in [2.24, 2.45) is 5.92 Å². The fourth-order valence-corrected chi connectivity index (χ4v) is 3.31. The van der Waals surface area contributed by atoms with Crippen LogP contribution in [-0.4, -0.2) is 49.0 Å². The van der Waals surface area contributed by atoms with E-state index in [9.17, 15) is 9.18 Å². The number of benzene rings is 1. The molecule has 1 fully saturated rings. The van der Waals surface area contributed by atoms with Crippen molar-refractivity contribution >= 4 is 11.7 Å². The monoisotopic (exact) mass is 386 g/mol. The summed E-state index contributed by atoms with van der Waals surface area (Å²) in [6, 6.07) is 10.0. The maximum absolute atomic E-state index is 13.0. The van der Waals surface area contributed by atoms with Crippen LogP contribution in [0, 0.1) is 11.7 Å². The zero-order valence-corrected chi connectivity index (χ0v) is 16.2. The maximum Gasteiger partial charge on any atom is 0.223 e. The molecule has 6 nitrogen and oxygen atoms in total. The molecular formula is C21H27FN4O2. The third-order valence-corrected chi connectivity index (χ3v) is 4.95. The van der Waals surface area contributed by atoms with Crippen LogP contribution in [0.1, 0.15) is 26.2 Å². The molecule has 0 bridgehead atoms. The minimum absolute atomic E-state index is 0.0507. The van der Waals surface area contributed by atoms with Gasteiger partial charge in [0.1, 0.15) is 5.82 Å². The largest absolute Gasteiger partial charge is 0.382 e. The Bertz CT molecular complexity index is 744. The smallest absolute Gasteiger partial charge is 0.223 e. The van der Waals surface area contributed by atoms with E-state index in [-0.39, 0.29) is 17.6 Å². The Kier molecular flexibility index (Phi) is 7.31. The van der Waals surface area contributed by atoms with Gasteiger partial charge in [0.2, 0.25) is 5.91 Å². The Morgan fingerprint density at radius 2 is 1.93 bits per heavy atom. The summed E-state index contributed by atoms with van der Waals surface area (Å²) in [5, 5.41) is 11.6. The number of anilines is 1. The average molecular weight is 386 g/mol. The topological polar surface area (TPSA) is 67.3 Å². The van der Waals surface area contributed by atoms with Crippen molar-refractivity contribution in [1.29, 1.82) is 0 Å². The van der Waals surface area contributed by atoms with E-state index >= 15 is 0 Å². The van der Waals surface area contributed by atoms with Crippen LogP contribution in [0.5, 0.6) is 0 Å². The fraction of sp³-hybridized carbons (Fsp3) is 0.476. The summed E-state index contributed by atoms with van der Waals surface area (Å²) in [7, 11) is 0. The number of carbonyl (C=O) groups is 1. The van der Waals surface area contributed by atoms with Crippen molar-refractivity contribution in [2.45, 2.75) is 26.2 Å². The first-order valence-electron chi connectivity index (χ1n) is 9.87. The minimum Gasteiger partial charge on any atom is -0.382 e. The second kappa shape index (κ2) is 10.1. The maximum atomic E-state index is 13.0. The molecule has 0 aliphatic carbocycles. The van der Waals surface area contributed by atoms with Crippen LogP contribution in [0.15, 0.2) is 36.4 Å². The van der Waals surface area contributed by atoms with Crippen molar-refractivity contribution in [3.8, 4) is 11.3 Å². The molecule has 0 radical (unpaired) electrons. The van der Waals surface area contributed by atoms with Gasteiger partial charge in [-0.25, -0.2) is 4.39 Å². The number of nitrogens with zero attached hydrogens (tertiary/aromatic N) is 3. The summed E-state index contributed by atoms with van der Waals surface area (Å²) < 4.78 is 18.3. The molecule has 0 spiro atoms.